The highest BCUT2D eigenvalue weighted by atomic mass is 79.9. The van der Waals surface area contributed by atoms with E-state index in [4.69, 9.17) is 14.7 Å². The van der Waals surface area contributed by atoms with Gasteiger partial charge < -0.3 is 15.0 Å². The van der Waals surface area contributed by atoms with Gasteiger partial charge in [0.1, 0.15) is 11.6 Å². The molecule has 1 N–H and O–H groups in total. The minimum absolute atomic E-state index is 0.294. The molecule has 0 aliphatic rings. The van der Waals surface area contributed by atoms with Crippen LogP contribution in [-0.2, 0) is 0 Å². The van der Waals surface area contributed by atoms with Crippen LogP contribution in [0.25, 0.3) is 23.1 Å². The minimum Gasteiger partial charge on any atom is -0.497 e. The Morgan fingerprint density at radius 1 is 1.06 bits per heavy atom. The Morgan fingerprint density at radius 3 is 2.55 bits per heavy atom. The van der Waals surface area contributed by atoms with E-state index in [9.17, 15) is 0 Å². The number of rotatable bonds is 11. The molecule has 0 fully saturated rings. The van der Waals surface area contributed by atoms with Crippen LogP contribution in [0, 0.1) is 0 Å². The summed E-state index contributed by atoms with van der Waals surface area (Å²) in [6.07, 6.45) is 6.20. The summed E-state index contributed by atoms with van der Waals surface area (Å²) in [5, 5.41) is 4.59. The Hall–Kier alpha value is -1.96. The molecule has 3 aromatic rings. The number of hydrogen-bond donors (Lipinski definition) is 1. The Labute approximate surface area is 213 Å². The molecule has 1 heterocycles. The lowest BCUT2D eigenvalue weighted by Gasteiger charge is -2.20. The lowest BCUT2D eigenvalue weighted by molar-refractivity contribution is 0.295. The molecule has 176 valence electrons. The van der Waals surface area contributed by atoms with Crippen LogP contribution in [0.1, 0.15) is 45.0 Å². The van der Waals surface area contributed by atoms with Crippen LogP contribution in [-0.4, -0.2) is 47.7 Å². The van der Waals surface area contributed by atoms with Crippen LogP contribution in [0.4, 0.5) is 5.82 Å². The maximum absolute atomic E-state index is 5.44. The fourth-order valence-corrected chi connectivity index (χ4v) is 4.88. The standard InChI is InChI=1S/C26H32Br2N4O/c1-5-32(6-2)15-7-8-18(3)29-26-22-17-21(33-4)12-13-24(22)30-25(31-26)14-10-19-9-11-20(27)16-23(19)28/h9-14,16-18H,5-8,15H2,1-4H3,(H,29,30,31)/b14-10-/t18-/m1/s1. The molecule has 7 heteroatoms. The quantitative estimate of drug-likeness (QED) is 0.261. The monoisotopic (exact) mass is 574 g/mol. The molecule has 1 atom stereocenters. The van der Waals surface area contributed by atoms with Gasteiger partial charge in [0.2, 0.25) is 0 Å². The lowest BCUT2D eigenvalue weighted by atomic mass is 10.1. The summed E-state index contributed by atoms with van der Waals surface area (Å²) in [7, 11) is 1.68. The van der Waals surface area contributed by atoms with Gasteiger partial charge in [0.15, 0.2) is 5.82 Å². The SMILES string of the molecule is CCN(CC)CCC[C@@H](C)Nc1nc(/C=C\c2ccc(Br)cc2Br)nc2ccc(OC)cc12. The summed E-state index contributed by atoms with van der Waals surface area (Å²) in [6.45, 7) is 9.96. The molecule has 0 bridgehead atoms. The predicted molar refractivity (Wildman–Crippen MR) is 147 cm³/mol. The fraction of sp³-hybridized carbons (Fsp3) is 0.385. The third kappa shape index (κ3) is 7.26. The van der Waals surface area contributed by atoms with Gasteiger partial charge in [-0.3, -0.25) is 0 Å². The van der Waals surface area contributed by atoms with Crippen molar-refractivity contribution in [3.05, 3.63) is 56.7 Å². The van der Waals surface area contributed by atoms with E-state index in [1.54, 1.807) is 7.11 Å². The van der Waals surface area contributed by atoms with Crippen LogP contribution in [0.3, 0.4) is 0 Å². The third-order valence-electron chi connectivity index (χ3n) is 5.68. The molecule has 3 rings (SSSR count). The van der Waals surface area contributed by atoms with E-state index < -0.39 is 0 Å². The minimum atomic E-state index is 0.294. The van der Waals surface area contributed by atoms with Crippen molar-refractivity contribution in [2.45, 2.75) is 39.7 Å². The fourth-order valence-electron chi connectivity index (χ4n) is 3.70. The van der Waals surface area contributed by atoms with Gasteiger partial charge in [0, 0.05) is 20.4 Å². The molecular weight excluding hydrogens is 544 g/mol. The van der Waals surface area contributed by atoms with Gasteiger partial charge >= 0.3 is 0 Å². The van der Waals surface area contributed by atoms with E-state index in [0.717, 1.165) is 69.5 Å². The van der Waals surface area contributed by atoms with Crippen LogP contribution in [0.2, 0.25) is 0 Å². The smallest absolute Gasteiger partial charge is 0.154 e. The average molecular weight is 576 g/mol. The van der Waals surface area contributed by atoms with Gasteiger partial charge in [-0.25, -0.2) is 9.97 Å². The van der Waals surface area contributed by atoms with E-state index in [1.165, 1.54) is 0 Å². The maximum atomic E-state index is 5.44. The van der Waals surface area contributed by atoms with Crippen molar-refractivity contribution >= 4 is 60.7 Å². The zero-order valence-electron chi connectivity index (χ0n) is 19.7. The van der Waals surface area contributed by atoms with E-state index >= 15 is 0 Å². The summed E-state index contributed by atoms with van der Waals surface area (Å²) < 4.78 is 7.49. The number of halogens is 2. The van der Waals surface area contributed by atoms with Crippen molar-refractivity contribution in [2.24, 2.45) is 0 Å². The summed E-state index contributed by atoms with van der Waals surface area (Å²) in [5.41, 5.74) is 1.95. The van der Waals surface area contributed by atoms with Crippen molar-refractivity contribution in [2.75, 3.05) is 32.1 Å². The number of hydrogen-bond acceptors (Lipinski definition) is 5. The van der Waals surface area contributed by atoms with Crippen LogP contribution in [0.5, 0.6) is 5.75 Å². The first-order valence-electron chi connectivity index (χ1n) is 11.4. The Morgan fingerprint density at radius 2 is 1.85 bits per heavy atom. The Kier molecular flexibility index (Phi) is 9.71. The first-order chi connectivity index (χ1) is 15.9. The molecule has 0 aliphatic heterocycles. The topological polar surface area (TPSA) is 50.3 Å². The van der Waals surface area contributed by atoms with E-state index in [-0.39, 0.29) is 0 Å². The van der Waals surface area contributed by atoms with Crippen molar-refractivity contribution in [3.8, 4) is 5.75 Å². The molecule has 0 spiro atoms. The Bertz CT molecular complexity index is 1100. The van der Waals surface area contributed by atoms with Gasteiger partial charge in [-0.05, 0) is 81.4 Å². The summed E-state index contributed by atoms with van der Waals surface area (Å²) in [6, 6.07) is 12.3. The number of nitrogens with one attached hydrogen (secondary N) is 1. The van der Waals surface area contributed by atoms with Gasteiger partial charge in [-0.15, -0.1) is 0 Å². The summed E-state index contributed by atoms with van der Waals surface area (Å²) in [5.74, 6) is 2.30. The maximum Gasteiger partial charge on any atom is 0.154 e. The molecule has 0 saturated heterocycles. The highest BCUT2D eigenvalue weighted by Gasteiger charge is 2.12. The van der Waals surface area contributed by atoms with Crippen molar-refractivity contribution in [1.29, 1.82) is 0 Å². The molecule has 0 saturated carbocycles. The van der Waals surface area contributed by atoms with Gasteiger partial charge in [-0.2, -0.15) is 0 Å². The number of nitrogens with zero attached hydrogens (tertiary/aromatic N) is 3. The molecule has 0 unspecified atom stereocenters. The number of fused-ring (bicyclic) bond motifs is 1. The average Bonchev–Trinajstić information content (AvgIpc) is 2.81. The number of aromatic nitrogens is 2. The van der Waals surface area contributed by atoms with Crippen LogP contribution < -0.4 is 10.1 Å². The van der Waals surface area contributed by atoms with Gasteiger partial charge in [-0.1, -0.05) is 57.8 Å². The normalized spacial score (nSPS) is 12.6. The lowest BCUT2D eigenvalue weighted by Crippen LogP contribution is -2.25. The molecule has 0 radical (unpaired) electrons. The first kappa shape index (κ1) is 25.7. The molecular formula is C26H32Br2N4O. The molecule has 0 aliphatic carbocycles. The highest BCUT2D eigenvalue weighted by Crippen LogP contribution is 2.27. The zero-order valence-corrected chi connectivity index (χ0v) is 22.9. The van der Waals surface area contributed by atoms with Crippen LogP contribution >= 0.6 is 31.9 Å². The van der Waals surface area contributed by atoms with Crippen molar-refractivity contribution < 1.29 is 4.74 Å². The molecule has 33 heavy (non-hydrogen) atoms. The van der Waals surface area contributed by atoms with E-state index in [0.29, 0.717) is 11.9 Å². The second-order valence-electron chi connectivity index (χ2n) is 8.03. The van der Waals surface area contributed by atoms with E-state index in [2.05, 4.69) is 62.8 Å². The molecule has 0 amide bonds. The molecule has 2 aromatic carbocycles. The Balaban J connectivity index is 1.85. The first-order valence-corrected chi connectivity index (χ1v) is 13.0. The largest absolute Gasteiger partial charge is 0.497 e. The number of anilines is 1. The highest BCUT2D eigenvalue weighted by molar-refractivity contribution is 9.11. The summed E-state index contributed by atoms with van der Waals surface area (Å²) >= 11 is 7.11. The van der Waals surface area contributed by atoms with Gasteiger partial charge in [0.25, 0.3) is 0 Å². The number of benzene rings is 2. The van der Waals surface area contributed by atoms with Gasteiger partial charge in [0.05, 0.1) is 12.6 Å². The summed E-state index contributed by atoms with van der Waals surface area (Å²) in [4.78, 5) is 12.1. The number of methoxy groups -OCH3 is 1. The second kappa shape index (κ2) is 12.5. The molecule has 1 aromatic heterocycles. The second-order valence-corrected chi connectivity index (χ2v) is 9.80. The zero-order chi connectivity index (χ0) is 23.8. The predicted octanol–water partition coefficient (Wildman–Crippen LogP) is 7.26. The van der Waals surface area contributed by atoms with E-state index in [1.807, 2.05) is 48.6 Å². The third-order valence-corrected chi connectivity index (χ3v) is 6.86. The van der Waals surface area contributed by atoms with Crippen molar-refractivity contribution in [3.63, 3.8) is 0 Å². The van der Waals surface area contributed by atoms with Crippen LogP contribution in [0.15, 0.2) is 45.3 Å². The molecule has 5 nitrogen and oxygen atoms in total. The van der Waals surface area contributed by atoms with Crippen molar-refractivity contribution in [1.82, 2.24) is 14.9 Å². The number of ether oxygens (including phenoxy) is 1.